The zero-order chi connectivity index (χ0) is 23.4. The number of aryl methyl sites for hydroxylation is 1. The van der Waals surface area contributed by atoms with Gasteiger partial charge in [0.25, 0.3) is 11.8 Å². The molecule has 170 valence electrons. The van der Waals surface area contributed by atoms with Crippen molar-refractivity contribution in [3.8, 4) is 11.6 Å². The summed E-state index contributed by atoms with van der Waals surface area (Å²) in [6, 6.07) is 17.2. The highest BCUT2D eigenvalue weighted by Gasteiger charge is 2.45. The molecule has 7 nitrogen and oxygen atoms in total. The number of hydrogen-bond donors (Lipinski definition) is 2. The maximum Gasteiger partial charge on any atom is 0.330 e. The van der Waals surface area contributed by atoms with E-state index >= 15 is 0 Å². The van der Waals surface area contributed by atoms with Crippen LogP contribution in [0.15, 0.2) is 60.8 Å². The maximum absolute atomic E-state index is 13.0. The lowest BCUT2D eigenvalue weighted by atomic mass is 9.95. The van der Waals surface area contributed by atoms with Crippen LogP contribution in [-0.2, 0) is 24.1 Å². The van der Waals surface area contributed by atoms with Gasteiger partial charge in [-0.1, -0.05) is 54.1 Å². The maximum atomic E-state index is 13.0. The molecule has 0 atom stereocenters. The summed E-state index contributed by atoms with van der Waals surface area (Å²) in [5.74, 6) is -0.999. The van der Waals surface area contributed by atoms with Crippen molar-refractivity contribution in [2.75, 3.05) is 13.7 Å². The van der Waals surface area contributed by atoms with Gasteiger partial charge in [0.1, 0.15) is 5.54 Å². The average Bonchev–Trinajstić information content (AvgIpc) is 3.18. The summed E-state index contributed by atoms with van der Waals surface area (Å²) in [6.07, 6.45) is 2.50. The van der Waals surface area contributed by atoms with Gasteiger partial charge in [0.2, 0.25) is 0 Å². The minimum absolute atomic E-state index is 0.206. The van der Waals surface area contributed by atoms with E-state index in [4.69, 9.17) is 9.47 Å². The Morgan fingerprint density at radius 1 is 1.09 bits per heavy atom. The molecule has 3 aromatic rings. The van der Waals surface area contributed by atoms with E-state index < -0.39 is 17.4 Å². The van der Waals surface area contributed by atoms with E-state index in [1.807, 2.05) is 49.4 Å². The largest absolute Gasteiger partial charge is 0.488 e. The van der Waals surface area contributed by atoms with Gasteiger partial charge in [0, 0.05) is 31.5 Å². The molecular formula is C26H26N2O5. The van der Waals surface area contributed by atoms with E-state index in [1.165, 1.54) is 24.9 Å². The molecule has 1 aliphatic carbocycles. The van der Waals surface area contributed by atoms with Crippen molar-refractivity contribution in [1.29, 1.82) is 0 Å². The number of nitrogens with zero attached hydrogens (tertiary/aromatic N) is 1. The summed E-state index contributed by atoms with van der Waals surface area (Å²) < 4.78 is 11.1. The fourth-order valence-corrected chi connectivity index (χ4v) is 4.16. The Morgan fingerprint density at radius 3 is 2.45 bits per heavy atom. The number of carboxylic acids is 1. The van der Waals surface area contributed by atoms with Gasteiger partial charge < -0.3 is 19.9 Å². The number of amides is 1. The van der Waals surface area contributed by atoms with Gasteiger partial charge in [0.15, 0.2) is 5.75 Å². The van der Waals surface area contributed by atoms with E-state index in [-0.39, 0.29) is 24.3 Å². The van der Waals surface area contributed by atoms with Crippen molar-refractivity contribution in [3.63, 3.8) is 0 Å². The number of fused-ring (bicyclic) bond motifs is 1. The van der Waals surface area contributed by atoms with Crippen LogP contribution in [0.5, 0.6) is 11.6 Å². The Kier molecular flexibility index (Phi) is 6.31. The van der Waals surface area contributed by atoms with Gasteiger partial charge in [-0.3, -0.25) is 4.79 Å². The average molecular weight is 447 g/mol. The number of carboxylic acid groups (broad SMARTS) is 1. The lowest BCUT2D eigenvalue weighted by molar-refractivity contribution is -0.144. The molecule has 2 N–H and O–H groups in total. The summed E-state index contributed by atoms with van der Waals surface area (Å²) in [7, 11) is 1.48. The van der Waals surface area contributed by atoms with Crippen LogP contribution in [0.4, 0.5) is 0 Å². The summed E-state index contributed by atoms with van der Waals surface area (Å²) >= 11 is 0. The number of nitrogens with one attached hydrogen (secondary N) is 1. The van der Waals surface area contributed by atoms with Gasteiger partial charge >= 0.3 is 5.97 Å². The second kappa shape index (κ2) is 9.32. The molecular weight excluding hydrogens is 420 g/mol. The van der Waals surface area contributed by atoms with Gasteiger partial charge in [-0.25, -0.2) is 9.78 Å². The number of benzene rings is 2. The van der Waals surface area contributed by atoms with Crippen LogP contribution in [-0.4, -0.2) is 41.2 Å². The first-order chi connectivity index (χ1) is 15.9. The molecule has 1 amide bonds. The van der Waals surface area contributed by atoms with Crippen molar-refractivity contribution in [2.45, 2.75) is 31.7 Å². The molecule has 4 rings (SSSR count). The highest BCUT2D eigenvalue weighted by Crippen LogP contribution is 2.31. The van der Waals surface area contributed by atoms with E-state index in [1.54, 1.807) is 0 Å². The molecule has 0 radical (unpaired) electrons. The van der Waals surface area contributed by atoms with Crippen LogP contribution >= 0.6 is 0 Å². The number of methoxy groups -OCH3 is 1. The van der Waals surface area contributed by atoms with Crippen molar-refractivity contribution in [1.82, 2.24) is 10.3 Å². The molecule has 0 aliphatic heterocycles. The minimum Gasteiger partial charge on any atom is -0.488 e. The summed E-state index contributed by atoms with van der Waals surface area (Å²) in [6.45, 7) is 2.41. The number of aromatic nitrogens is 1. The van der Waals surface area contributed by atoms with Gasteiger partial charge in [0.05, 0.1) is 19.3 Å². The Hall–Kier alpha value is -3.87. The first kappa shape index (κ1) is 22.3. The molecule has 33 heavy (non-hydrogen) atoms. The zero-order valence-corrected chi connectivity index (χ0v) is 18.6. The molecule has 0 saturated carbocycles. The van der Waals surface area contributed by atoms with Crippen LogP contribution in [0.3, 0.4) is 0 Å². The zero-order valence-electron chi connectivity index (χ0n) is 18.6. The number of rotatable bonds is 8. The van der Waals surface area contributed by atoms with Crippen LogP contribution in [0.25, 0.3) is 0 Å². The molecule has 1 aliphatic rings. The van der Waals surface area contributed by atoms with E-state index in [0.717, 1.165) is 16.7 Å². The SMILES string of the molecule is COc1ncc(C(=O)NC2(C(=O)O)Cc3ccccc3C2)cc1OCCc1cccc(C)c1. The topological polar surface area (TPSA) is 97.8 Å². The Morgan fingerprint density at radius 2 is 1.82 bits per heavy atom. The normalized spacial score (nSPS) is 13.8. The van der Waals surface area contributed by atoms with Crippen LogP contribution < -0.4 is 14.8 Å². The minimum atomic E-state index is -1.40. The van der Waals surface area contributed by atoms with E-state index in [9.17, 15) is 14.7 Å². The van der Waals surface area contributed by atoms with Crippen molar-refractivity contribution < 1.29 is 24.2 Å². The van der Waals surface area contributed by atoms with Crippen LogP contribution in [0.2, 0.25) is 0 Å². The lowest BCUT2D eigenvalue weighted by Gasteiger charge is -2.25. The number of ether oxygens (including phenoxy) is 2. The van der Waals surface area contributed by atoms with Crippen molar-refractivity contribution in [3.05, 3.63) is 88.6 Å². The molecule has 0 spiro atoms. The molecule has 1 aromatic heterocycles. The molecule has 7 heteroatoms. The molecule has 1 heterocycles. The number of carbonyl (C=O) groups excluding carboxylic acids is 1. The van der Waals surface area contributed by atoms with Crippen LogP contribution in [0, 0.1) is 6.92 Å². The molecule has 2 aromatic carbocycles. The Balaban J connectivity index is 1.49. The Labute approximate surface area is 192 Å². The summed E-state index contributed by atoms with van der Waals surface area (Å²) in [5.41, 5.74) is 2.97. The molecule has 0 bridgehead atoms. The second-order valence-electron chi connectivity index (χ2n) is 8.28. The van der Waals surface area contributed by atoms with Gasteiger partial charge in [-0.2, -0.15) is 0 Å². The van der Waals surface area contributed by atoms with E-state index in [2.05, 4.69) is 16.4 Å². The highest BCUT2D eigenvalue weighted by molar-refractivity contribution is 5.98. The summed E-state index contributed by atoms with van der Waals surface area (Å²) in [4.78, 5) is 29.4. The summed E-state index contributed by atoms with van der Waals surface area (Å²) in [5, 5.41) is 12.7. The van der Waals surface area contributed by atoms with Gasteiger partial charge in [-0.05, 0) is 23.6 Å². The fourth-order valence-electron chi connectivity index (χ4n) is 4.16. The van der Waals surface area contributed by atoms with Gasteiger partial charge in [-0.15, -0.1) is 0 Å². The smallest absolute Gasteiger partial charge is 0.330 e. The first-order valence-electron chi connectivity index (χ1n) is 10.8. The Bertz CT molecular complexity index is 1170. The number of aliphatic carboxylic acids is 1. The van der Waals surface area contributed by atoms with E-state index in [0.29, 0.717) is 18.8 Å². The third-order valence-electron chi connectivity index (χ3n) is 5.87. The molecule has 0 saturated heterocycles. The number of pyridine rings is 1. The fraction of sp³-hybridized carbons (Fsp3) is 0.269. The predicted molar refractivity (Wildman–Crippen MR) is 123 cm³/mol. The van der Waals surface area contributed by atoms with Crippen molar-refractivity contribution >= 4 is 11.9 Å². The predicted octanol–water partition coefficient (Wildman–Crippen LogP) is 3.37. The first-order valence-corrected chi connectivity index (χ1v) is 10.8. The molecule has 0 fully saturated rings. The highest BCUT2D eigenvalue weighted by atomic mass is 16.5. The van der Waals surface area contributed by atoms with Crippen LogP contribution in [0.1, 0.15) is 32.6 Å². The third kappa shape index (κ3) is 4.82. The number of carbonyl (C=O) groups is 2. The van der Waals surface area contributed by atoms with Crippen molar-refractivity contribution in [2.24, 2.45) is 0 Å². The second-order valence-corrected chi connectivity index (χ2v) is 8.28. The quantitative estimate of drug-likeness (QED) is 0.551. The third-order valence-corrected chi connectivity index (χ3v) is 5.87. The standard InChI is InChI=1S/C26H26N2O5/c1-17-6-5-7-18(12-17)10-11-33-22-13-21(16-27-24(22)32-2)23(29)28-26(25(30)31)14-19-8-3-4-9-20(19)15-26/h3-9,12-13,16H,10-11,14-15H2,1-2H3,(H,28,29)(H,30,31). The lowest BCUT2D eigenvalue weighted by Crippen LogP contribution is -2.55. The molecule has 0 unspecified atom stereocenters. The monoisotopic (exact) mass is 446 g/mol. The number of hydrogen-bond acceptors (Lipinski definition) is 5.